The van der Waals surface area contributed by atoms with Crippen molar-refractivity contribution in [3.05, 3.63) is 18.0 Å². The van der Waals surface area contributed by atoms with Crippen molar-refractivity contribution in [3.63, 3.8) is 0 Å². The van der Waals surface area contributed by atoms with E-state index in [9.17, 15) is 18.0 Å². The minimum atomic E-state index is -4.52. The Bertz CT molecular complexity index is 601. The van der Waals surface area contributed by atoms with Crippen LogP contribution in [-0.4, -0.2) is 71.5 Å². The maximum Gasteiger partial charge on any atom is 0.433 e. The largest absolute Gasteiger partial charge is 0.433 e. The second-order valence-corrected chi connectivity index (χ2v) is 6.22. The van der Waals surface area contributed by atoms with Crippen LogP contribution in [0.4, 0.5) is 19.1 Å². The van der Waals surface area contributed by atoms with Crippen molar-refractivity contribution in [2.45, 2.75) is 25.1 Å². The number of likely N-dealkylation sites (N-methyl/N-ethyl adjacent to an activating group) is 1. The Morgan fingerprint density at radius 2 is 1.92 bits per heavy atom. The molecule has 1 unspecified atom stereocenters. The Hall–Kier alpha value is -1.90. The van der Waals surface area contributed by atoms with Crippen molar-refractivity contribution in [2.24, 2.45) is 0 Å². The van der Waals surface area contributed by atoms with E-state index in [0.717, 1.165) is 31.8 Å². The van der Waals surface area contributed by atoms with E-state index in [0.29, 0.717) is 26.1 Å². The number of aromatic nitrogens is 2. The van der Waals surface area contributed by atoms with Crippen molar-refractivity contribution in [1.82, 2.24) is 19.8 Å². The van der Waals surface area contributed by atoms with Gasteiger partial charge in [0, 0.05) is 38.9 Å². The average Bonchev–Trinajstić information content (AvgIpc) is 3.04. The summed E-state index contributed by atoms with van der Waals surface area (Å²) in [5.74, 6) is -0.0589. The van der Waals surface area contributed by atoms with E-state index in [4.69, 9.17) is 0 Å². The lowest BCUT2D eigenvalue weighted by Gasteiger charge is -2.35. The van der Waals surface area contributed by atoms with E-state index in [-0.39, 0.29) is 11.9 Å². The molecule has 0 N–H and O–H groups in total. The van der Waals surface area contributed by atoms with E-state index in [1.807, 2.05) is 7.05 Å². The number of amides is 1. The van der Waals surface area contributed by atoms with E-state index < -0.39 is 17.9 Å². The normalized spacial score (nSPS) is 22.9. The number of halogens is 3. The molecule has 24 heavy (non-hydrogen) atoms. The summed E-state index contributed by atoms with van der Waals surface area (Å²) < 4.78 is 38.5. The van der Waals surface area contributed by atoms with Crippen molar-refractivity contribution >= 4 is 11.9 Å². The number of hydrogen-bond acceptors (Lipinski definition) is 5. The monoisotopic (exact) mass is 343 g/mol. The number of rotatable bonds is 2. The van der Waals surface area contributed by atoms with Gasteiger partial charge in [-0.15, -0.1) is 0 Å². The summed E-state index contributed by atoms with van der Waals surface area (Å²) in [6, 6.07) is 0.369. The van der Waals surface area contributed by atoms with Crippen molar-refractivity contribution in [1.29, 1.82) is 0 Å². The van der Waals surface area contributed by atoms with Crippen LogP contribution in [0, 0.1) is 0 Å². The Morgan fingerprint density at radius 3 is 2.58 bits per heavy atom. The first-order valence-corrected chi connectivity index (χ1v) is 8.00. The maximum absolute atomic E-state index is 12.8. The van der Waals surface area contributed by atoms with Gasteiger partial charge in [0.1, 0.15) is 11.7 Å². The first-order valence-electron chi connectivity index (χ1n) is 8.00. The Balaban J connectivity index is 1.77. The van der Waals surface area contributed by atoms with Crippen LogP contribution in [0.3, 0.4) is 0 Å². The molecule has 0 bridgehead atoms. The van der Waals surface area contributed by atoms with Crippen LogP contribution in [0.2, 0.25) is 0 Å². The minimum Gasteiger partial charge on any atom is -0.338 e. The summed E-state index contributed by atoms with van der Waals surface area (Å²) in [6.45, 7) is 3.38. The number of carbonyl (C=O) groups excluding carboxylic acids is 1. The zero-order valence-corrected chi connectivity index (χ0v) is 13.5. The van der Waals surface area contributed by atoms with E-state index in [2.05, 4.69) is 14.9 Å². The summed E-state index contributed by atoms with van der Waals surface area (Å²) in [6.07, 6.45) is -2.07. The molecule has 0 aromatic carbocycles. The summed E-state index contributed by atoms with van der Waals surface area (Å²) in [4.78, 5) is 25.9. The highest BCUT2D eigenvalue weighted by Gasteiger charge is 2.38. The van der Waals surface area contributed by atoms with Crippen LogP contribution in [0.1, 0.15) is 18.5 Å². The first-order chi connectivity index (χ1) is 11.4. The number of nitrogens with zero attached hydrogens (tertiary/aromatic N) is 5. The molecular formula is C15H20F3N5O. The van der Waals surface area contributed by atoms with Crippen molar-refractivity contribution < 1.29 is 18.0 Å². The smallest absolute Gasteiger partial charge is 0.338 e. The van der Waals surface area contributed by atoms with Gasteiger partial charge in [0.15, 0.2) is 0 Å². The van der Waals surface area contributed by atoms with Gasteiger partial charge in [-0.2, -0.15) is 13.2 Å². The van der Waals surface area contributed by atoms with E-state index >= 15 is 0 Å². The predicted molar refractivity (Wildman–Crippen MR) is 81.5 cm³/mol. The summed E-state index contributed by atoms with van der Waals surface area (Å²) >= 11 is 0. The molecule has 2 fully saturated rings. The molecule has 3 heterocycles. The van der Waals surface area contributed by atoms with Crippen LogP contribution in [-0.2, 0) is 11.0 Å². The van der Waals surface area contributed by atoms with Crippen LogP contribution in [0.25, 0.3) is 0 Å². The highest BCUT2D eigenvalue weighted by atomic mass is 19.4. The second-order valence-electron chi connectivity index (χ2n) is 6.22. The molecule has 0 radical (unpaired) electrons. The van der Waals surface area contributed by atoms with Crippen molar-refractivity contribution in [3.8, 4) is 0 Å². The van der Waals surface area contributed by atoms with Gasteiger partial charge >= 0.3 is 6.18 Å². The van der Waals surface area contributed by atoms with Gasteiger partial charge in [-0.1, -0.05) is 0 Å². The van der Waals surface area contributed by atoms with Gasteiger partial charge in [-0.25, -0.2) is 9.97 Å². The lowest BCUT2D eigenvalue weighted by Crippen LogP contribution is -2.53. The Kier molecular flexibility index (Phi) is 4.62. The quantitative estimate of drug-likeness (QED) is 0.809. The third-order valence-corrected chi connectivity index (χ3v) is 4.54. The lowest BCUT2D eigenvalue weighted by molar-refractivity contribution is -0.141. The molecule has 1 atom stereocenters. The minimum absolute atomic E-state index is 0.0187. The number of hydrogen-bond donors (Lipinski definition) is 0. The van der Waals surface area contributed by atoms with Gasteiger partial charge < -0.3 is 14.7 Å². The first kappa shape index (κ1) is 16.9. The molecule has 2 aliphatic rings. The lowest BCUT2D eigenvalue weighted by atomic mass is 10.1. The molecule has 0 aliphatic carbocycles. The van der Waals surface area contributed by atoms with Gasteiger partial charge in [-0.05, 0) is 26.0 Å². The summed E-state index contributed by atoms with van der Waals surface area (Å²) in [5, 5.41) is 0. The van der Waals surface area contributed by atoms with E-state index in [1.54, 1.807) is 9.80 Å². The van der Waals surface area contributed by atoms with Gasteiger partial charge in [0.05, 0.1) is 0 Å². The zero-order chi connectivity index (χ0) is 17.3. The van der Waals surface area contributed by atoms with Crippen molar-refractivity contribution in [2.75, 3.05) is 44.7 Å². The number of carbonyl (C=O) groups is 1. The highest BCUT2D eigenvalue weighted by molar-refractivity contribution is 5.85. The topological polar surface area (TPSA) is 52.6 Å². The zero-order valence-electron chi connectivity index (χ0n) is 13.5. The summed E-state index contributed by atoms with van der Waals surface area (Å²) in [7, 11) is 2.00. The van der Waals surface area contributed by atoms with Crippen LogP contribution in [0.5, 0.6) is 0 Å². The molecule has 1 aromatic rings. The SMILES string of the molecule is CN1CCN(C(=O)C2CCCN2c2nccc(C(F)(F)F)n2)CC1. The molecule has 0 saturated carbocycles. The predicted octanol–water partition coefficient (Wildman–Crippen LogP) is 1.24. The number of anilines is 1. The highest BCUT2D eigenvalue weighted by Crippen LogP contribution is 2.30. The maximum atomic E-state index is 12.8. The van der Waals surface area contributed by atoms with E-state index in [1.165, 1.54) is 0 Å². The molecule has 2 saturated heterocycles. The second kappa shape index (κ2) is 6.54. The fourth-order valence-electron chi connectivity index (χ4n) is 3.15. The molecule has 1 aromatic heterocycles. The Morgan fingerprint density at radius 1 is 1.21 bits per heavy atom. The number of alkyl halides is 3. The molecule has 1 amide bonds. The molecular weight excluding hydrogens is 323 g/mol. The fraction of sp³-hybridized carbons (Fsp3) is 0.667. The number of piperazine rings is 1. The standard InChI is InChI=1S/C15H20F3N5O/c1-21-7-9-22(10-8-21)13(24)11-3-2-6-23(11)14-19-5-4-12(20-14)15(16,17)18/h4-5,11H,2-3,6-10H2,1H3. The Labute approximate surface area is 138 Å². The molecule has 2 aliphatic heterocycles. The molecule has 0 spiro atoms. The van der Waals surface area contributed by atoms with Gasteiger partial charge in [0.2, 0.25) is 11.9 Å². The van der Waals surface area contributed by atoms with Gasteiger partial charge in [0.25, 0.3) is 0 Å². The molecule has 9 heteroatoms. The average molecular weight is 343 g/mol. The summed E-state index contributed by atoms with van der Waals surface area (Å²) in [5.41, 5.74) is -0.981. The molecule has 132 valence electrons. The van der Waals surface area contributed by atoms with Crippen LogP contribution in [0.15, 0.2) is 12.3 Å². The van der Waals surface area contributed by atoms with Crippen LogP contribution < -0.4 is 4.90 Å². The third kappa shape index (κ3) is 3.45. The molecule has 6 nitrogen and oxygen atoms in total. The van der Waals surface area contributed by atoms with Gasteiger partial charge in [-0.3, -0.25) is 4.79 Å². The third-order valence-electron chi connectivity index (χ3n) is 4.54. The fourth-order valence-corrected chi connectivity index (χ4v) is 3.15. The van der Waals surface area contributed by atoms with Crippen LogP contribution >= 0.6 is 0 Å². The molecule has 3 rings (SSSR count).